The predicted molar refractivity (Wildman–Crippen MR) is 308 cm³/mol. The smallest absolute Gasteiger partial charge is 0.342 e. The van der Waals surface area contributed by atoms with E-state index < -0.39 is 235 Å². The normalized spacial score (nSPS) is 47.7. The zero-order valence-electron chi connectivity index (χ0n) is 53.6. The molecular formula is C60H86Cl2O32. The molecule has 0 aliphatic carbocycles. The molecule has 0 saturated carbocycles. The molecule has 1 aromatic carbocycles. The zero-order chi connectivity index (χ0) is 68.0. The van der Waals surface area contributed by atoms with Crippen molar-refractivity contribution in [1.29, 1.82) is 0 Å². The van der Waals surface area contributed by atoms with Gasteiger partial charge in [-0.25, -0.2) is 4.79 Å². The molecule has 0 bridgehead atoms. The number of ether oxygens (including phenoxy) is 21. The summed E-state index contributed by atoms with van der Waals surface area (Å²) in [6.45, 7) is 12.8. The summed E-state index contributed by atoms with van der Waals surface area (Å²) in [6, 6.07) is 0. The van der Waals surface area contributed by atoms with Crippen LogP contribution in [0, 0.1) is 6.92 Å². The van der Waals surface area contributed by atoms with Crippen LogP contribution in [0.25, 0.3) is 0 Å². The number of phenols is 2. The minimum atomic E-state index is -2.13. The number of aliphatic hydroxyl groups is 6. The molecule has 31 atom stereocenters. The van der Waals surface area contributed by atoms with E-state index in [0.29, 0.717) is 12.8 Å². The van der Waals surface area contributed by atoms with Gasteiger partial charge in [0.2, 0.25) is 6.29 Å². The van der Waals surface area contributed by atoms with Crippen LogP contribution >= 0.6 is 23.2 Å². The highest BCUT2D eigenvalue weighted by Crippen LogP contribution is 2.53. The van der Waals surface area contributed by atoms with Crippen molar-refractivity contribution >= 4 is 40.9 Å². The number of carbonyl (C=O) groups excluding carboxylic acids is 3. The first-order valence-corrected chi connectivity index (χ1v) is 32.3. The number of esters is 2. The van der Waals surface area contributed by atoms with Crippen LogP contribution in [0.2, 0.25) is 10.0 Å². The number of Topliss-reactive ketones (excluding diaryl/α,β-unsaturated/α-hetero) is 1. The lowest BCUT2D eigenvalue weighted by molar-refractivity contribution is -0.428. The molecule has 532 valence electrons. The Bertz CT molecular complexity index is 2830. The molecule has 1 aromatic rings. The van der Waals surface area contributed by atoms with Crippen LogP contribution in [-0.2, 0) is 109 Å². The molecule has 34 heteroatoms. The fraction of sp³-hybridized carbons (Fsp3) is 0.850. The van der Waals surface area contributed by atoms with Gasteiger partial charge in [-0.15, -0.1) is 0 Å². The Morgan fingerprint density at radius 1 is 0.649 bits per heavy atom. The van der Waals surface area contributed by atoms with E-state index in [-0.39, 0.29) is 49.7 Å². The fourth-order valence-corrected chi connectivity index (χ4v) is 14.9. The highest BCUT2D eigenvalue weighted by atomic mass is 35.5. The second-order valence-electron chi connectivity index (χ2n) is 25.8. The number of carbonyl (C=O) groups is 3. The average Bonchev–Trinajstić information content (AvgIpc) is 1.51. The first kappa shape index (κ1) is 72.3. The average molecular weight is 1390 g/mol. The number of phenolic OH excluding ortho intramolecular Hbond substituents is 2. The summed E-state index contributed by atoms with van der Waals surface area (Å²) < 4.78 is 130. The Morgan fingerprint density at radius 3 is 2.01 bits per heavy atom. The van der Waals surface area contributed by atoms with Crippen LogP contribution in [0.15, 0.2) is 0 Å². The number of rotatable bonds is 18. The molecule has 10 saturated heterocycles. The summed E-state index contributed by atoms with van der Waals surface area (Å²) in [5.41, 5.74) is -3.77. The van der Waals surface area contributed by atoms with Crippen LogP contribution in [-0.4, -0.2) is 282 Å². The first-order chi connectivity index (χ1) is 44.5. The summed E-state index contributed by atoms with van der Waals surface area (Å²) in [4.78, 5) is 39.6. The number of ketones is 1. The van der Waals surface area contributed by atoms with Gasteiger partial charge in [-0.3, -0.25) is 9.59 Å². The first-order valence-electron chi connectivity index (χ1n) is 31.6. The number of halogens is 2. The van der Waals surface area contributed by atoms with E-state index in [0.717, 1.165) is 0 Å². The number of hydrogen-bond acceptors (Lipinski definition) is 32. The molecule has 0 aromatic heterocycles. The van der Waals surface area contributed by atoms with Crippen molar-refractivity contribution in [2.75, 3.05) is 34.2 Å². The highest BCUT2D eigenvalue weighted by molar-refractivity contribution is 6.39. The van der Waals surface area contributed by atoms with E-state index >= 15 is 0 Å². The van der Waals surface area contributed by atoms with Gasteiger partial charge in [-0.2, -0.15) is 0 Å². The van der Waals surface area contributed by atoms with Crippen molar-refractivity contribution in [3.05, 3.63) is 21.2 Å². The van der Waals surface area contributed by atoms with Gasteiger partial charge in [0.1, 0.15) is 96.2 Å². The van der Waals surface area contributed by atoms with Crippen molar-refractivity contribution in [2.24, 2.45) is 0 Å². The van der Waals surface area contributed by atoms with E-state index in [4.69, 9.17) is 123 Å². The van der Waals surface area contributed by atoms with Crippen molar-refractivity contribution < 1.29 is 155 Å². The Kier molecular flexibility index (Phi) is 21.7. The number of benzene rings is 1. The van der Waals surface area contributed by atoms with Gasteiger partial charge in [0, 0.05) is 33.5 Å². The van der Waals surface area contributed by atoms with Crippen LogP contribution in [0.3, 0.4) is 0 Å². The third kappa shape index (κ3) is 13.1. The number of aromatic hydroxyl groups is 2. The Balaban J connectivity index is 0.717. The minimum absolute atomic E-state index is 0.00498. The monoisotopic (exact) mass is 1390 g/mol. The Hall–Kier alpha value is -2.99. The maximum Gasteiger partial charge on any atom is 0.342 e. The minimum Gasteiger partial charge on any atom is -0.505 e. The second-order valence-corrected chi connectivity index (χ2v) is 26.5. The largest absolute Gasteiger partial charge is 0.505 e. The standard InChI is InChI=1S/C60H86Cl2O32/c1-12-13-14-32(67)83-49-46-31(91-60(92-46)52-51(77-20-78-52)59(73,26(7)64)27(8)90-60)19-76-55(49)88-56-48(75-11)40(70)45(30(18-63)82-56)87-54-41(71)47(44(74-10)23(4)81-54)85-34-17-57(9)50(25(6)80-34)93-58(94-57)16-29(66)43(24(5)89-58)84-33-15-28(65)42(22(3)79-33)86-53(72)35-21(2)36(61)39(69)37(62)38(35)68/h22-25,27-31,33-34,40-52,54-56,63,65-66,68-71,73H,12-20H2,1-11H3/t22-,23-,24-,25-,27-,28-,29-,30-,31+,33+,34+,40+,41-,42-,43-,44+,45-,46-,47-,48+,49-,50-,51-,52-,54+,55-,56+,57-,58?,59+,60-/m1/s1. The maximum atomic E-state index is 13.4. The lowest BCUT2D eigenvalue weighted by Crippen LogP contribution is -2.72. The molecule has 1 unspecified atom stereocenters. The van der Waals surface area contributed by atoms with Crippen LogP contribution in [0.4, 0.5) is 0 Å². The molecule has 32 nitrogen and oxygen atoms in total. The van der Waals surface area contributed by atoms with Gasteiger partial charge < -0.3 is 140 Å². The number of aliphatic hydroxyl groups excluding tert-OH is 5. The van der Waals surface area contributed by atoms with E-state index in [2.05, 4.69) is 0 Å². The van der Waals surface area contributed by atoms with Gasteiger partial charge in [-0.1, -0.05) is 36.5 Å². The van der Waals surface area contributed by atoms with Crippen molar-refractivity contribution in [3.63, 3.8) is 0 Å². The van der Waals surface area contributed by atoms with Gasteiger partial charge in [-0.05, 0) is 67.4 Å². The Morgan fingerprint density at radius 2 is 1.34 bits per heavy atom. The molecule has 0 amide bonds. The number of unbranched alkanes of at least 4 members (excludes halogenated alkanes) is 1. The molecule has 94 heavy (non-hydrogen) atoms. The van der Waals surface area contributed by atoms with E-state index in [1.165, 1.54) is 41.9 Å². The molecule has 8 N–H and O–H groups in total. The SMILES string of the molecule is CCCCC(=O)O[C@H]1[C@@H](O[C@@H]2O[C@H](CO)[C@@H](O[C@@H]3O[C@H](C)[C@H](OC)[C@H](O[C@H]4C[C@@]5(C)OC6(C[C@@H](O)[C@H](O[C@H]7C[C@@H](O)[C@H](OC(=O)c8c(C)c(Cl)c(O)c(Cl)c8O)[C@@H](C)O7)[C@@H](C)O6)O[C@@H]5[C@@H](C)O4)[C@H]3O)[C@H](O)[C@@H]2OC)OC[C@@H]2O[C@]3(O[C@@H]12)O[C@H](C)[C@@](O)(C(C)=O)[C@@H]1OCO[C@H]13. The number of fused-ring (bicyclic) bond motifs is 4. The van der Waals surface area contributed by atoms with Gasteiger partial charge in [0.15, 0.2) is 66.4 Å². The van der Waals surface area contributed by atoms with Gasteiger partial charge >= 0.3 is 17.9 Å². The summed E-state index contributed by atoms with van der Waals surface area (Å²) in [7, 11) is 2.65. The second kappa shape index (κ2) is 28.2. The Labute approximate surface area is 550 Å². The molecule has 2 spiro atoms. The lowest BCUT2D eigenvalue weighted by Gasteiger charge is -2.49. The predicted octanol–water partition coefficient (Wildman–Crippen LogP) is 0.629. The number of hydrogen-bond donors (Lipinski definition) is 8. The summed E-state index contributed by atoms with van der Waals surface area (Å²) in [5.74, 6) is -7.66. The third-order valence-electron chi connectivity index (χ3n) is 19.3. The van der Waals surface area contributed by atoms with E-state index in [1.54, 1.807) is 27.7 Å². The molecule has 11 rings (SSSR count). The summed E-state index contributed by atoms with van der Waals surface area (Å²) >= 11 is 12.1. The molecule has 10 aliphatic rings. The van der Waals surface area contributed by atoms with Crippen LogP contribution in [0.5, 0.6) is 11.5 Å². The molecular weight excluding hydrogens is 1300 g/mol. The lowest BCUT2D eigenvalue weighted by atomic mass is 9.81. The quantitative estimate of drug-likeness (QED) is 0.0934. The topological polar surface area (TPSA) is 407 Å². The zero-order valence-corrected chi connectivity index (χ0v) is 55.1. The van der Waals surface area contributed by atoms with Crippen molar-refractivity contribution in [3.8, 4) is 11.5 Å². The van der Waals surface area contributed by atoms with Crippen molar-refractivity contribution in [2.45, 2.75) is 290 Å². The third-order valence-corrected chi connectivity index (χ3v) is 20.2. The van der Waals surface area contributed by atoms with Crippen molar-refractivity contribution in [1.82, 2.24) is 0 Å². The molecule has 0 radical (unpaired) electrons. The fourth-order valence-electron chi connectivity index (χ4n) is 14.5. The molecule has 10 heterocycles. The molecule has 10 fully saturated rings. The summed E-state index contributed by atoms with van der Waals surface area (Å²) in [6.07, 6.45) is -32.9. The summed E-state index contributed by atoms with van der Waals surface area (Å²) in [5, 5.41) is 89.6. The maximum absolute atomic E-state index is 13.4. The van der Waals surface area contributed by atoms with E-state index in [1.807, 2.05) is 6.92 Å². The van der Waals surface area contributed by atoms with Gasteiger partial charge in [0.05, 0.1) is 67.4 Å². The number of methoxy groups -OCH3 is 2. The van der Waals surface area contributed by atoms with Gasteiger partial charge in [0.25, 0.3) is 5.97 Å². The highest BCUT2D eigenvalue weighted by Gasteiger charge is 2.73. The van der Waals surface area contributed by atoms with Crippen LogP contribution in [0.1, 0.15) is 110 Å². The molecule has 10 aliphatic heterocycles. The van der Waals surface area contributed by atoms with E-state index in [9.17, 15) is 55.2 Å². The van der Waals surface area contributed by atoms with Crippen LogP contribution < -0.4 is 0 Å².